The molecule has 0 radical (unpaired) electrons. The lowest BCUT2D eigenvalue weighted by molar-refractivity contribution is 0.0954. The van der Waals surface area contributed by atoms with E-state index in [9.17, 15) is 9.59 Å². The van der Waals surface area contributed by atoms with E-state index in [0.717, 1.165) is 0 Å². The van der Waals surface area contributed by atoms with Crippen molar-refractivity contribution in [2.45, 2.75) is 6.92 Å². The van der Waals surface area contributed by atoms with Gasteiger partial charge in [-0.15, -0.1) is 0 Å². The van der Waals surface area contributed by atoms with Gasteiger partial charge in [-0.25, -0.2) is 10.8 Å². The summed E-state index contributed by atoms with van der Waals surface area (Å²) in [5, 5.41) is 3.46. The minimum absolute atomic E-state index is 0.0603. The maximum absolute atomic E-state index is 13.1. The molecule has 1 aromatic carbocycles. The van der Waals surface area contributed by atoms with E-state index < -0.39 is 11.8 Å². The number of halogens is 4. The molecule has 2 amide bonds. The Morgan fingerprint density at radius 3 is 2.45 bits per heavy atom. The average Bonchev–Trinajstić information content (AvgIpc) is 2.98. The second-order valence-electron chi connectivity index (χ2n) is 5.89. The first kappa shape index (κ1) is 21.4. The number of aromatic nitrogens is 2. The highest BCUT2D eigenvalue weighted by Crippen LogP contribution is 2.33. The summed E-state index contributed by atoms with van der Waals surface area (Å²) in [6, 6.07) is 7.60. The van der Waals surface area contributed by atoms with Gasteiger partial charge in [0.25, 0.3) is 11.8 Å². The largest absolute Gasteiger partial charge is 0.320 e. The monoisotopic (exact) mass is 471 g/mol. The zero-order valence-electron chi connectivity index (χ0n) is 14.8. The van der Waals surface area contributed by atoms with Crippen LogP contribution >= 0.6 is 46.4 Å². The number of anilines is 1. The summed E-state index contributed by atoms with van der Waals surface area (Å²) in [5.41, 5.74) is 2.96. The van der Waals surface area contributed by atoms with Gasteiger partial charge in [-0.3, -0.25) is 19.6 Å². The fraction of sp³-hybridized carbons (Fsp3) is 0.0556. The van der Waals surface area contributed by atoms with Gasteiger partial charge in [0.15, 0.2) is 5.82 Å². The molecule has 29 heavy (non-hydrogen) atoms. The predicted molar refractivity (Wildman–Crippen MR) is 114 cm³/mol. The molecule has 3 rings (SSSR count). The third kappa shape index (κ3) is 4.19. The van der Waals surface area contributed by atoms with E-state index >= 15 is 0 Å². The molecule has 11 heteroatoms. The van der Waals surface area contributed by atoms with Crippen LogP contribution in [0.4, 0.5) is 5.69 Å². The Morgan fingerprint density at radius 1 is 1.07 bits per heavy atom. The summed E-state index contributed by atoms with van der Waals surface area (Å²) >= 11 is 24.7. The van der Waals surface area contributed by atoms with E-state index in [-0.39, 0.29) is 38.0 Å². The number of nitrogen functional groups attached to an aromatic ring is 1. The third-order valence-electron chi connectivity index (χ3n) is 4.00. The molecular formula is C18H13Cl4N5O2. The number of rotatable bonds is 4. The molecule has 0 saturated carbocycles. The smallest absolute Gasteiger partial charge is 0.272 e. The standard InChI is InChI=1S/C18H13Cl4N5O2/c1-8-5-9(19)6-10(17(28)26-23)14(8)25-18(29)13-7-12(21)15(22)27(13)16-11(20)3-2-4-24-16/h2-7H,23H2,1H3,(H,25,29)(H,26,28). The van der Waals surface area contributed by atoms with E-state index in [1.54, 1.807) is 25.1 Å². The van der Waals surface area contributed by atoms with Crippen molar-refractivity contribution in [3.05, 3.63) is 73.6 Å². The Hall–Kier alpha value is -2.29. The Kier molecular flexibility index (Phi) is 6.36. The van der Waals surface area contributed by atoms with E-state index in [2.05, 4.69) is 10.3 Å². The molecule has 2 aromatic heterocycles. The van der Waals surface area contributed by atoms with Gasteiger partial charge in [0.05, 0.1) is 21.3 Å². The van der Waals surface area contributed by atoms with Crippen molar-refractivity contribution in [2.24, 2.45) is 5.84 Å². The molecule has 0 fully saturated rings. The summed E-state index contributed by atoms with van der Waals surface area (Å²) in [6.07, 6.45) is 1.50. The van der Waals surface area contributed by atoms with Gasteiger partial charge in [-0.05, 0) is 42.8 Å². The molecule has 0 spiro atoms. The molecule has 0 aliphatic heterocycles. The molecule has 0 aliphatic rings. The molecular weight excluding hydrogens is 460 g/mol. The van der Waals surface area contributed by atoms with Gasteiger partial charge in [0.1, 0.15) is 10.8 Å². The molecule has 2 heterocycles. The molecule has 4 N–H and O–H groups in total. The van der Waals surface area contributed by atoms with Gasteiger partial charge in [0.2, 0.25) is 0 Å². The number of hydrogen-bond donors (Lipinski definition) is 3. The van der Waals surface area contributed by atoms with Crippen molar-refractivity contribution in [3.8, 4) is 5.82 Å². The second kappa shape index (κ2) is 8.61. The molecule has 0 saturated heterocycles. The van der Waals surface area contributed by atoms with Gasteiger partial charge < -0.3 is 5.32 Å². The van der Waals surface area contributed by atoms with Crippen LogP contribution in [0.3, 0.4) is 0 Å². The van der Waals surface area contributed by atoms with Crippen LogP contribution in [0.25, 0.3) is 5.82 Å². The van der Waals surface area contributed by atoms with Crippen LogP contribution in [0.15, 0.2) is 36.5 Å². The minimum Gasteiger partial charge on any atom is -0.320 e. The maximum Gasteiger partial charge on any atom is 0.272 e. The maximum atomic E-state index is 13.1. The van der Waals surface area contributed by atoms with Crippen molar-refractivity contribution in [2.75, 3.05) is 5.32 Å². The lowest BCUT2D eigenvalue weighted by Gasteiger charge is -2.15. The van der Waals surface area contributed by atoms with Crippen LogP contribution in [-0.2, 0) is 0 Å². The highest BCUT2D eigenvalue weighted by atomic mass is 35.5. The fourth-order valence-corrected chi connectivity index (χ4v) is 3.61. The Bertz CT molecular complexity index is 1130. The molecule has 3 aromatic rings. The molecule has 150 valence electrons. The Morgan fingerprint density at radius 2 is 1.79 bits per heavy atom. The van der Waals surface area contributed by atoms with E-state index in [0.29, 0.717) is 10.6 Å². The van der Waals surface area contributed by atoms with Gasteiger partial charge in [0, 0.05) is 11.2 Å². The number of nitrogens with one attached hydrogen (secondary N) is 2. The molecule has 0 atom stereocenters. The summed E-state index contributed by atoms with van der Waals surface area (Å²) in [6.45, 7) is 1.68. The quantitative estimate of drug-likeness (QED) is 0.292. The zero-order valence-corrected chi connectivity index (χ0v) is 17.8. The first-order chi connectivity index (χ1) is 13.7. The van der Waals surface area contributed by atoms with Crippen molar-refractivity contribution >= 4 is 63.9 Å². The predicted octanol–water partition coefficient (Wildman–Crippen LogP) is 4.65. The fourth-order valence-electron chi connectivity index (χ4n) is 2.72. The van der Waals surface area contributed by atoms with Crippen molar-refractivity contribution in [1.29, 1.82) is 0 Å². The van der Waals surface area contributed by atoms with E-state index in [1.807, 2.05) is 5.43 Å². The Balaban J connectivity index is 2.10. The van der Waals surface area contributed by atoms with Crippen LogP contribution < -0.4 is 16.6 Å². The number of hydrazine groups is 1. The van der Waals surface area contributed by atoms with Crippen molar-refractivity contribution in [1.82, 2.24) is 15.0 Å². The summed E-state index contributed by atoms with van der Waals surface area (Å²) in [4.78, 5) is 29.4. The van der Waals surface area contributed by atoms with Crippen LogP contribution in [0.2, 0.25) is 20.2 Å². The van der Waals surface area contributed by atoms with E-state index in [1.165, 1.54) is 22.9 Å². The number of nitrogens with two attached hydrogens (primary N) is 1. The van der Waals surface area contributed by atoms with Gasteiger partial charge >= 0.3 is 0 Å². The lowest BCUT2D eigenvalue weighted by atomic mass is 10.1. The number of pyridine rings is 1. The van der Waals surface area contributed by atoms with Gasteiger partial charge in [-0.1, -0.05) is 46.4 Å². The van der Waals surface area contributed by atoms with Crippen LogP contribution in [0, 0.1) is 6.92 Å². The number of nitrogens with zero attached hydrogens (tertiary/aromatic N) is 2. The number of benzene rings is 1. The highest BCUT2D eigenvalue weighted by Gasteiger charge is 2.24. The van der Waals surface area contributed by atoms with Gasteiger partial charge in [-0.2, -0.15) is 0 Å². The van der Waals surface area contributed by atoms with Crippen molar-refractivity contribution < 1.29 is 9.59 Å². The topological polar surface area (TPSA) is 102 Å². The molecule has 0 aliphatic carbocycles. The van der Waals surface area contributed by atoms with Crippen LogP contribution in [-0.4, -0.2) is 21.4 Å². The lowest BCUT2D eigenvalue weighted by Crippen LogP contribution is -2.31. The molecule has 0 bridgehead atoms. The summed E-state index contributed by atoms with van der Waals surface area (Å²) in [7, 11) is 0. The number of carbonyl (C=O) groups is 2. The summed E-state index contributed by atoms with van der Waals surface area (Å²) < 4.78 is 1.31. The first-order valence-corrected chi connectivity index (χ1v) is 9.55. The number of aryl methyl sites for hydroxylation is 1. The molecule has 7 nitrogen and oxygen atoms in total. The number of amides is 2. The summed E-state index contributed by atoms with van der Waals surface area (Å²) in [5.74, 6) is 4.24. The Labute approximate surface area is 185 Å². The number of hydrogen-bond acceptors (Lipinski definition) is 4. The normalized spacial score (nSPS) is 10.7. The van der Waals surface area contributed by atoms with Crippen LogP contribution in [0.1, 0.15) is 26.4 Å². The molecule has 0 unspecified atom stereocenters. The first-order valence-electron chi connectivity index (χ1n) is 8.04. The second-order valence-corrected chi connectivity index (χ2v) is 7.49. The van der Waals surface area contributed by atoms with E-state index in [4.69, 9.17) is 52.2 Å². The SMILES string of the molecule is Cc1cc(Cl)cc(C(=O)NN)c1NC(=O)c1cc(Cl)c(Cl)n1-c1ncccc1Cl. The average molecular weight is 473 g/mol. The zero-order chi connectivity index (χ0) is 21.3. The third-order valence-corrected chi connectivity index (χ3v) is 5.27. The van der Waals surface area contributed by atoms with Crippen molar-refractivity contribution in [3.63, 3.8) is 0 Å². The van der Waals surface area contributed by atoms with Crippen LogP contribution in [0.5, 0.6) is 0 Å². The number of carbonyl (C=O) groups excluding carboxylic acids is 2. The minimum atomic E-state index is -0.620. The highest BCUT2D eigenvalue weighted by molar-refractivity contribution is 6.42.